The molecule has 2 heterocycles. The zero-order chi connectivity index (χ0) is 28.3. The number of hydrogen-bond donors (Lipinski definition) is 1. The van der Waals surface area contributed by atoms with E-state index in [0.717, 1.165) is 33.7 Å². The minimum Gasteiger partial charge on any atom is -0.497 e. The van der Waals surface area contributed by atoms with E-state index in [4.69, 9.17) is 19.2 Å². The molecule has 0 saturated carbocycles. The van der Waals surface area contributed by atoms with Crippen LogP contribution in [0.4, 0.5) is 0 Å². The van der Waals surface area contributed by atoms with Crippen molar-refractivity contribution >= 4 is 5.65 Å². The molecule has 4 aromatic carbocycles. The van der Waals surface area contributed by atoms with Gasteiger partial charge in [-0.15, -0.1) is 0 Å². The first-order valence-corrected chi connectivity index (χ1v) is 13.3. The molecule has 6 aromatic rings. The topological polar surface area (TPSA) is 77.9 Å². The van der Waals surface area contributed by atoms with E-state index in [1.54, 1.807) is 14.2 Å². The highest BCUT2D eigenvalue weighted by atomic mass is 16.5. The van der Waals surface area contributed by atoms with Crippen LogP contribution in [-0.2, 0) is 6.61 Å². The first-order valence-electron chi connectivity index (χ1n) is 13.3. The van der Waals surface area contributed by atoms with Gasteiger partial charge in [-0.25, -0.2) is 4.98 Å². The second-order valence-corrected chi connectivity index (χ2v) is 9.63. The summed E-state index contributed by atoms with van der Waals surface area (Å²) in [5.74, 6) is 1.90. The highest BCUT2D eigenvalue weighted by molar-refractivity contribution is 5.91. The molecule has 0 unspecified atom stereocenters. The van der Waals surface area contributed by atoms with Crippen LogP contribution in [0.3, 0.4) is 0 Å². The summed E-state index contributed by atoms with van der Waals surface area (Å²) in [6, 6.07) is 33.2. The van der Waals surface area contributed by atoms with Gasteiger partial charge >= 0.3 is 0 Å². The summed E-state index contributed by atoms with van der Waals surface area (Å²) in [7, 11) is 3.22. The lowest BCUT2D eigenvalue weighted by atomic mass is 10.0. The third kappa shape index (κ3) is 4.94. The average molecular weight is 544 g/mol. The van der Waals surface area contributed by atoms with E-state index >= 15 is 0 Å². The van der Waals surface area contributed by atoms with E-state index in [-0.39, 0.29) is 5.56 Å². The van der Waals surface area contributed by atoms with E-state index in [1.807, 2.05) is 110 Å². The second kappa shape index (κ2) is 11.1. The fourth-order valence-electron chi connectivity index (χ4n) is 5.03. The number of nitrogens with zero attached hydrogens (tertiary/aromatic N) is 2. The van der Waals surface area contributed by atoms with Crippen molar-refractivity contribution in [3.63, 3.8) is 0 Å². The van der Waals surface area contributed by atoms with Gasteiger partial charge in [-0.3, -0.25) is 9.89 Å². The zero-order valence-electron chi connectivity index (χ0n) is 23.0. The summed E-state index contributed by atoms with van der Waals surface area (Å²) in [5, 5.41) is 3.35. The molecule has 7 nitrogen and oxygen atoms in total. The van der Waals surface area contributed by atoms with Crippen LogP contribution >= 0.6 is 0 Å². The maximum absolute atomic E-state index is 14.0. The first-order chi connectivity index (χ1) is 20.1. The molecule has 0 aliphatic heterocycles. The third-order valence-electron chi connectivity index (χ3n) is 7.09. The Morgan fingerprint density at radius 3 is 2.07 bits per heavy atom. The van der Waals surface area contributed by atoms with E-state index in [1.165, 1.54) is 4.52 Å². The van der Waals surface area contributed by atoms with Crippen LogP contribution < -0.4 is 19.8 Å². The number of aromatic amines is 1. The normalized spacial score (nSPS) is 11.0. The Labute approximate surface area is 237 Å². The van der Waals surface area contributed by atoms with E-state index < -0.39 is 0 Å². The number of hydrogen-bond acceptors (Lipinski definition) is 5. The molecule has 7 heteroatoms. The lowest BCUT2D eigenvalue weighted by Gasteiger charge is -2.13. The van der Waals surface area contributed by atoms with Gasteiger partial charge in [0.1, 0.15) is 12.4 Å². The number of methoxy groups -OCH3 is 2. The fraction of sp³-hybridized carbons (Fsp3) is 0.118. The molecule has 0 amide bonds. The summed E-state index contributed by atoms with van der Waals surface area (Å²) in [6.07, 6.45) is 0. The smallest absolute Gasteiger partial charge is 0.280 e. The molecule has 0 atom stereocenters. The fourth-order valence-corrected chi connectivity index (χ4v) is 5.03. The van der Waals surface area contributed by atoms with Gasteiger partial charge in [0.2, 0.25) is 0 Å². The van der Waals surface area contributed by atoms with E-state index in [0.29, 0.717) is 40.6 Å². The van der Waals surface area contributed by atoms with Crippen molar-refractivity contribution in [2.75, 3.05) is 14.2 Å². The molecule has 204 valence electrons. The molecule has 0 spiro atoms. The maximum atomic E-state index is 14.0. The van der Waals surface area contributed by atoms with Crippen LogP contribution in [0.1, 0.15) is 11.3 Å². The van der Waals surface area contributed by atoms with Crippen LogP contribution in [-0.4, -0.2) is 28.8 Å². The summed E-state index contributed by atoms with van der Waals surface area (Å²) >= 11 is 0. The summed E-state index contributed by atoms with van der Waals surface area (Å²) in [4.78, 5) is 19.0. The Morgan fingerprint density at radius 2 is 1.41 bits per heavy atom. The van der Waals surface area contributed by atoms with Crippen LogP contribution in [0.5, 0.6) is 17.2 Å². The number of nitrogens with one attached hydrogen (secondary N) is 1. The van der Waals surface area contributed by atoms with Gasteiger partial charge in [-0.05, 0) is 47.9 Å². The number of ether oxygens (including phenoxy) is 3. The number of fused-ring (bicyclic) bond motifs is 1. The number of H-pyrrole nitrogens is 1. The van der Waals surface area contributed by atoms with Gasteiger partial charge in [-0.1, -0.05) is 78.9 Å². The summed E-state index contributed by atoms with van der Waals surface area (Å²) < 4.78 is 18.5. The van der Waals surface area contributed by atoms with Crippen LogP contribution in [0, 0.1) is 6.92 Å². The molecule has 0 fully saturated rings. The van der Waals surface area contributed by atoms with Crippen molar-refractivity contribution in [2.45, 2.75) is 13.5 Å². The van der Waals surface area contributed by atoms with Crippen LogP contribution in [0.15, 0.2) is 108 Å². The molecule has 6 rings (SSSR count). The SMILES string of the molecule is COc1ccc(COc2ccc(-c3c(C)nc4c(-c5ccccc5)c(-c5ccccc5)[nH]n4c3=O)cc2OC)cc1. The lowest BCUT2D eigenvalue weighted by molar-refractivity contribution is 0.284. The largest absolute Gasteiger partial charge is 0.497 e. The molecule has 1 N–H and O–H groups in total. The van der Waals surface area contributed by atoms with Gasteiger partial charge in [-0.2, -0.15) is 4.52 Å². The maximum Gasteiger partial charge on any atom is 0.280 e. The predicted octanol–water partition coefficient (Wildman–Crippen LogP) is 6.93. The first kappa shape index (κ1) is 26.0. The van der Waals surface area contributed by atoms with Gasteiger partial charge in [0.25, 0.3) is 5.56 Å². The number of aromatic nitrogens is 3. The van der Waals surface area contributed by atoms with Crippen LogP contribution in [0.2, 0.25) is 0 Å². The Hall–Kier alpha value is -5.30. The number of aryl methyl sites for hydroxylation is 1. The Bertz CT molecular complexity index is 1880. The Morgan fingerprint density at radius 1 is 0.732 bits per heavy atom. The van der Waals surface area contributed by atoms with Gasteiger partial charge in [0.05, 0.1) is 36.7 Å². The van der Waals surface area contributed by atoms with Crippen LogP contribution in [0.25, 0.3) is 39.2 Å². The molecule has 0 bridgehead atoms. The van der Waals surface area contributed by atoms with E-state index in [9.17, 15) is 4.79 Å². The summed E-state index contributed by atoms with van der Waals surface area (Å²) in [6.45, 7) is 2.23. The number of rotatable bonds is 8. The van der Waals surface area contributed by atoms with E-state index in [2.05, 4.69) is 5.10 Å². The predicted molar refractivity (Wildman–Crippen MR) is 161 cm³/mol. The van der Waals surface area contributed by atoms with Crippen molar-refractivity contribution in [3.8, 4) is 50.8 Å². The molecular formula is C34H29N3O4. The van der Waals surface area contributed by atoms with Crippen molar-refractivity contribution in [1.82, 2.24) is 14.6 Å². The number of benzene rings is 4. The average Bonchev–Trinajstić information content (AvgIpc) is 3.41. The van der Waals surface area contributed by atoms with Gasteiger partial charge < -0.3 is 14.2 Å². The molecule has 0 aliphatic rings. The molecule has 2 aromatic heterocycles. The monoisotopic (exact) mass is 543 g/mol. The third-order valence-corrected chi connectivity index (χ3v) is 7.09. The molecule has 0 aliphatic carbocycles. The minimum absolute atomic E-state index is 0.194. The molecular weight excluding hydrogens is 514 g/mol. The van der Waals surface area contributed by atoms with Crippen molar-refractivity contribution < 1.29 is 14.2 Å². The Kier molecular flexibility index (Phi) is 7.00. The minimum atomic E-state index is -0.194. The molecule has 0 saturated heterocycles. The lowest BCUT2D eigenvalue weighted by Crippen LogP contribution is -2.19. The molecule has 41 heavy (non-hydrogen) atoms. The van der Waals surface area contributed by atoms with Gasteiger partial charge in [0, 0.05) is 5.56 Å². The standard InChI is InChI=1S/C34H29N3O4/c1-22-30(26-16-19-28(29(20-26)40-3)41-21-23-14-17-27(39-2)18-15-23)34(38)37-33(35-22)31(24-10-6-4-7-11-24)32(36-37)25-12-8-5-9-13-25/h4-20,36H,21H2,1-3H3. The molecule has 0 radical (unpaired) electrons. The quantitative estimate of drug-likeness (QED) is 0.225. The van der Waals surface area contributed by atoms with Crippen molar-refractivity contribution in [2.24, 2.45) is 0 Å². The van der Waals surface area contributed by atoms with Crippen molar-refractivity contribution in [3.05, 3.63) is 125 Å². The Balaban J connectivity index is 1.42. The highest BCUT2D eigenvalue weighted by Crippen LogP contribution is 2.36. The summed E-state index contributed by atoms with van der Waals surface area (Å²) in [5.41, 5.74) is 6.84. The second-order valence-electron chi connectivity index (χ2n) is 9.63. The van der Waals surface area contributed by atoms with Gasteiger partial charge in [0.15, 0.2) is 17.1 Å². The zero-order valence-corrected chi connectivity index (χ0v) is 23.0. The van der Waals surface area contributed by atoms with Crippen molar-refractivity contribution in [1.29, 1.82) is 0 Å². The highest BCUT2D eigenvalue weighted by Gasteiger charge is 2.22.